The number of aromatic nitrogens is 3. The first-order valence-corrected chi connectivity index (χ1v) is 10.2. The number of benzene rings is 1. The highest BCUT2D eigenvalue weighted by Crippen LogP contribution is 2.31. The lowest BCUT2D eigenvalue weighted by atomic mass is 10.0. The minimum Gasteiger partial charge on any atom is -0.496 e. The maximum Gasteiger partial charge on any atom is 0.215 e. The van der Waals surface area contributed by atoms with Gasteiger partial charge < -0.3 is 19.5 Å². The molecule has 2 N–H and O–H groups in total. The Morgan fingerprint density at radius 3 is 2.72 bits per heavy atom. The molecule has 166 valence electrons. The molecular formula is C23H27BN4O4. The molecule has 0 spiro atoms. The first-order valence-electron chi connectivity index (χ1n) is 10.2. The molecule has 0 bridgehead atoms. The number of Topliss-reactive ketones (excluding diaryl/α,β-unsaturated/α-hetero) is 1. The highest BCUT2D eigenvalue weighted by Gasteiger charge is 2.20. The molecule has 2 heterocycles. The van der Waals surface area contributed by atoms with Crippen molar-refractivity contribution < 1.29 is 19.7 Å². The first-order chi connectivity index (χ1) is 15.2. The summed E-state index contributed by atoms with van der Waals surface area (Å²) in [4.78, 5) is 16.3. The van der Waals surface area contributed by atoms with Gasteiger partial charge in [-0.3, -0.25) is 9.79 Å². The average Bonchev–Trinajstić information content (AvgIpc) is 3.39. The third-order valence-electron chi connectivity index (χ3n) is 5.04. The summed E-state index contributed by atoms with van der Waals surface area (Å²) in [5, 5.41) is 23.4. The van der Waals surface area contributed by atoms with E-state index in [2.05, 4.69) is 10.1 Å². The molecule has 0 saturated carbocycles. The molecule has 3 rings (SSSR count). The Balaban J connectivity index is 1.73. The van der Waals surface area contributed by atoms with Crippen LogP contribution in [0.4, 0.5) is 0 Å². The number of aryl methyl sites for hydroxylation is 2. The van der Waals surface area contributed by atoms with Gasteiger partial charge in [0, 0.05) is 37.5 Å². The minimum atomic E-state index is -2.07. The average molecular weight is 434 g/mol. The van der Waals surface area contributed by atoms with Crippen LogP contribution in [0, 0.1) is 0 Å². The van der Waals surface area contributed by atoms with E-state index in [1.54, 1.807) is 25.7 Å². The molecule has 0 saturated heterocycles. The monoisotopic (exact) mass is 434 g/mol. The van der Waals surface area contributed by atoms with E-state index in [-0.39, 0.29) is 5.78 Å². The van der Waals surface area contributed by atoms with Crippen LogP contribution >= 0.6 is 0 Å². The number of methoxy groups -OCH3 is 1. The number of carbonyl (C=O) groups is 1. The van der Waals surface area contributed by atoms with Gasteiger partial charge in [0.2, 0.25) is 13.7 Å². The van der Waals surface area contributed by atoms with Crippen molar-refractivity contribution in [3.63, 3.8) is 0 Å². The molecule has 0 fully saturated rings. The van der Waals surface area contributed by atoms with Crippen molar-refractivity contribution in [2.24, 2.45) is 12.0 Å². The van der Waals surface area contributed by atoms with Gasteiger partial charge in [-0.05, 0) is 36.6 Å². The summed E-state index contributed by atoms with van der Waals surface area (Å²) in [6, 6.07) is 9.66. The Kier molecular flexibility index (Phi) is 7.12. The second-order valence-corrected chi connectivity index (χ2v) is 7.67. The van der Waals surface area contributed by atoms with Crippen LogP contribution in [0.2, 0.25) is 0 Å². The van der Waals surface area contributed by atoms with E-state index in [1.165, 1.54) is 14.8 Å². The van der Waals surface area contributed by atoms with Gasteiger partial charge in [-0.1, -0.05) is 18.2 Å². The molecule has 0 aliphatic heterocycles. The highest BCUT2D eigenvalue weighted by molar-refractivity contribution is 6.11. The summed E-state index contributed by atoms with van der Waals surface area (Å²) in [6.07, 6.45) is 9.90. The highest BCUT2D eigenvalue weighted by atomic mass is 16.5. The van der Waals surface area contributed by atoms with Crippen LogP contribution in [-0.4, -0.2) is 51.5 Å². The van der Waals surface area contributed by atoms with Crippen molar-refractivity contribution in [1.29, 1.82) is 0 Å². The lowest BCUT2D eigenvalue weighted by Crippen LogP contribution is -2.33. The van der Waals surface area contributed by atoms with Crippen LogP contribution in [0.5, 0.6) is 5.75 Å². The summed E-state index contributed by atoms with van der Waals surface area (Å²) in [5.41, 5.74) is 3.88. The van der Waals surface area contributed by atoms with Crippen LogP contribution in [0.25, 0.3) is 11.1 Å². The van der Waals surface area contributed by atoms with Crippen molar-refractivity contribution in [2.75, 3.05) is 7.11 Å². The van der Waals surface area contributed by atoms with E-state index in [1.807, 2.05) is 54.2 Å². The number of carbonyl (C=O) groups excluding carboxylic acids is 1. The smallest absolute Gasteiger partial charge is 0.215 e. The molecule has 1 aromatic carbocycles. The zero-order valence-corrected chi connectivity index (χ0v) is 18.7. The van der Waals surface area contributed by atoms with Crippen molar-refractivity contribution in [1.82, 2.24) is 14.3 Å². The lowest BCUT2D eigenvalue weighted by Gasteiger charge is -2.16. The fourth-order valence-electron chi connectivity index (χ4n) is 3.23. The van der Waals surface area contributed by atoms with E-state index in [9.17, 15) is 15.0 Å². The van der Waals surface area contributed by atoms with Gasteiger partial charge >= 0.3 is 0 Å². The topological polar surface area (TPSA) is 102 Å². The van der Waals surface area contributed by atoms with Gasteiger partial charge in [0.1, 0.15) is 11.4 Å². The standard InChI is InChI=1S/C23H27BN4O4/c1-16(29)21(25-14-19-7-5-11-27(19)2)8-4-6-17-9-10-20(22(12-17)32-3)18-13-26-28(15-18)23(24,30)31/h5,7-15,30-31H,4,6,24H2,1-3H3/b21-8+,25-14+. The Bertz CT molecular complexity index is 1150. The van der Waals surface area contributed by atoms with E-state index in [0.29, 0.717) is 29.9 Å². The molecule has 0 atom stereocenters. The van der Waals surface area contributed by atoms with Gasteiger partial charge in [0.05, 0.1) is 25.2 Å². The molecule has 9 heteroatoms. The summed E-state index contributed by atoms with van der Waals surface area (Å²) in [7, 11) is 4.74. The summed E-state index contributed by atoms with van der Waals surface area (Å²) >= 11 is 0. The number of hydrogen-bond acceptors (Lipinski definition) is 6. The predicted octanol–water partition coefficient (Wildman–Crippen LogP) is 1.61. The number of hydrogen-bond donors (Lipinski definition) is 2. The third kappa shape index (κ3) is 5.63. The van der Waals surface area contributed by atoms with Gasteiger partial charge in [0.15, 0.2) is 5.78 Å². The molecule has 0 amide bonds. The van der Waals surface area contributed by atoms with Crippen molar-refractivity contribution >= 4 is 19.8 Å². The van der Waals surface area contributed by atoms with Crippen LogP contribution in [-0.2, 0) is 24.1 Å². The number of nitrogens with zero attached hydrogens (tertiary/aromatic N) is 4. The maximum atomic E-state index is 12.0. The molecule has 0 radical (unpaired) electrons. The summed E-state index contributed by atoms with van der Waals surface area (Å²) < 4.78 is 8.53. The molecule has 0 aliphatic rings. The molecule has 0 unspecified atom stereocenters. The quantitative estimate of drug-likeness (QED) is 0.231. The second-order valence-electron chi connectivity index (χ2n) is 7.67. The Morgan fingerprint density at radius 1 is 1.34 bits per heavy atom. The number of ketones is 1. The number of ether oxygens (including phenoxy) is 1. The van der Waals surface area contributed by atoms with Gasteiger partial charge in [-0.2, -0.15) is 5.10 Å². The van der Waals surface area contributed by atoms with E-state index < -0.39 is 5.81 Å². The summed E-state index contributed by atoms with van der Waals surface area (Å²) in [6.45, 7) is 1.51. The molecule has 3 aromatic rings. The SMILES string of the molecule is BC(O)(O)n1cc(-c2ccc(CC/C=C(/N=C/c3cccn3C)C(C)=O)cc2OC)cn1. The molecule has 2 aromatic heterocycles. The molecular weight excluding hydrogens is 407 g/mol. The van der Waals surface area contributed by atoms with E-state index in [0.717, 1.165) is 21.5 Å². The molecule has 0 aliphatic carbocycles. The second kappa shape index (κ2) is 9.80. The largest absolute Gasteiger partial charge is 0.496 e. The zero-order valence-electron chi connectivity index (χ0n) is 18.7. The van der Waals surface area contributed by atoms with Gasteiger partial charge in [-0.25, -0.2) is 4.68 Å². The number of allylic oxidation sites excluding steroid dienone is 2. The van der Waals surface area contributed by atoms with Crippen LogP contribution in [0.1, 0.15) is 24.6 Å². The number of aliphatic imine (C=N–C) groups is 1. The minimum absolute atomic E-state index is 0.0832. The van der Waals surface area contributed by atoms with Crippen molar-refractivity contribution in [2.45, 2.75) is 25.6 Å². The molecule has 32 heavy (non-hydrogen) atoms. The van der Waals surface area contributed by atoms with Crippen molar-refractivity contribution in [3.8, 4) is 16.9 Å². The number of rotatable bonds is 9. The molecule has 8 nitrogen and oxygen atoms in total. The van der Waals surface area contributed by atoms with Gasteiger partial charge in [0.25, 0.3) is 0 Å². The van der Waals surface area contributed by atoms with Crippen LogP contribution in [0.3, 0.4) is 0 Å². The Morgan fingerprint density at radius 2 is 2.12 bits per heavy atom. The summed E-state index contributed by atoms with van der Waals surface area (Å²) in [5.74, 6) is -1.51. The van der Waals surface area contributed by atoms with E-state index in [4.69, 9.17) is 4.74 Å². The first kappa shape index (κ1) is 23.2. The fraction of sp³-hybridized carbons (Fsp3) is 0.261. The predicted molar refractivity (Wildman–Crippen MR) is 125 cm³/mol. The zero-order chi connectivity index (χ0) is 23.3. The Labute approximate surface area is 187 Å². The van der Waals surface area contributed by atoms with Crippen LogP contribution in [0.15, 0.2) is 65.7 Å². The Hall–Kier alpha value is -3.43. The van der Waals surface area contributed by atoms with E-state index >= 15 is 0 Å². The maximum absolute atomic E-state index is 12.0. The van der Waals surface area contributed by atoms with Crippen molar-refractivity contribution in [3.05, 3.63) is 72.0 Å². The third-order valence-corrected chi connectivity index (χ3v) is 5.04. The van der Waals surface area contributed by atoms with Gasteiger partial charge in [-0.15, -0.1) is 0 Å². The number of aliphatic hydroxyl groups is 2. The lowest BCUT2D eigenvalue weighted by molar-refractivity contribution is -0.160. The normalized spacial score (nSPS) is 12.5. The fourth-order valence-corrected chi connectivity index (χ4v) is 3.23. The van der Waals surface area contributed by atoms with Crippen LogP contribution < -0.4 is 4.74 Å².